The summed E-state index contributed by atoms with van der Waals surface area (Å²) in [6, 6.07) is 13.6. The second kappa shape index (κ2) is 11.4. The van der Waals surface area contributed by atoms with Crippen LogP contribution < -0.4 is 15.4 Å². The van der Waals surface area contributed by atoms with Crippen LogP contribution in [-0.2, 0) is 11.3 Å². The molecule has 41 heavy (non-hydrogen) atoms. The number of nitrogens with zero attached hydrogens (tertiary/aromatic N) is 2. The fraction of sp³-hybridized carbons (Fsp3) is 0.258. The van der Waals surface area contributed by atoms with Crippen molar-refractivity contribution in [2.75, 3.05) is 25.5 Å². The summed E-state index contributed by atoms with van der Waals surface area (Å²) < 4.78 is 35.4. The average molecular weight is 575 g/mol. The molecule has 1 aromatic heterocycles. The number of ether oxygens (including phenoxy) is 1. The Morgan fingerprint density at radius 3 is 2.59 bits per heavy atom. The highest BCUT2D eigenvalue weighted by Crippen LogP contribution is 2.39. The van der Waals surface area contributed by atoms with Gasteiger partial charge >= 0.3 is 0 Å². The number of piperidine rings is 1. The predicted molar refractivity (Wildman–Crippen MR) is 153 cm³/mol. The summed E-state index contributed by atoms with van der Waals surface area (Å²) in [5, 5.41) is 8.09. The largest absolute Gasteiger partial charge is 0.496 e. The molecule has 1 fully saturated rings. The molecule has 4 aromatic rings. The Morgan fingerprint density at radius 1 is 1.10 bits per heavy atom. The van der Waals surface area contributed by atoms with Crippen LogP contribution in [0.25, 0.3) is 11.1 Å². The fourth-order valence-corrected chi connectivity index (χ4v) is 6.22. The summed E-state index contributed by atoms with van der Waals surface area (Å²) >= 11 is 1.20. The third-order valence-corrected chi connectivity index (χ3v) is 8.47. The zero-order valence-electron chi connectivity index (χ0n) is 22.3. The maximum absolute atomic E-state index is 15.6. The molecule has 2 N–H and O–H groups in total. The van der Waals surface area contributed by atoms with Crippen molar-refractivity contribution in [1.82, 2.24) is 15.2 Å². The molecule has 0 aliphatic carbocycles. The molecule has 7 nitrogen and oxygen atoms in total. The van der Waals surface area contributed by atoms with Crippen LogP contribution in [0.2, 0.25) is 0 Å². The van der Waals surface area contributed by atoms with Gasteiger partial charge in [0.05, 0.1) is 13.7 Å². The molecule has 0 bridgehead atoms. The van der Waals surface area contributed by atoms with Crippen molar-refractivity contribution >= 4 is 28.3 Å². The lowest BCUT2D eigenvalue weighted by atomic mass is 9.89. The highest BCUT2D eigenvalue weighted by Gasteiger charge is 2.40. The third kappa shape index (κ3) is 5.32. The van der Waals surface area contributed by atoms with Gasteiger partial charge in [-0.2, -0.15) is 0 Å². The van der Waals surface area contributed by atoms with E-state index in [1.807, 2.05) is 12.1 Å². The first-order valence-electron chi connectivity index (χ1n) is 13.4. The van der Waals surface area contributed by atoms with Gasteiger partial charge in [0.1, 0.15) is 23.4 Å². The molecule has 1 atom stereocenters. The van der Waals surface area contributed by atoms with Gasteiger partial charge in [0.15, 0.2) is 5.13 Å². The molecule has 2 aliphatic rings. The second-order valence-electron chi connectivity index (χ2n) is 10.2. The van der Waals surface area contributed by atoms with Crippen LogP contribution in [0, 0.1) is 11.6 Å². The van der Waals surface area contributed by atoms with E-state index >= 15 is 4.39 Å². The molecule has 1 unspecified atom stereocenters. The van der Waals surface area contributed by atoms with Crippen LogP contribution in [0.5, 0.6) is 5.75 Å². The van der Waals surface area contributed by atoms with Crippen molar-refractivity contribution in [3.8, 4) is 16.9 Å². The number of hydrogen-bond donors (Lipinski definition) is 2. The number of methoxy groups -OCH3 is 1. The Hall–Kier alpha value is -4.15. The minimum absolute atomic E-state index is 0.150. The van der Waals surface area contributed by atoms with Gasteiger partial charge in [-0.15, -0.1) is 11.3 Å². The summed E-state index contributed by atoms with van der Waals surface area (Å²) in [5.74, 6) is -1.56. The van der Waals surface area contributed by atoms with Crippen molar-refractivity contribution in [3.63, 3.8) is 0 Å². The summed E-state index contributed by atoms with van der Waals surface area (Å²) in [5.41, 5.74) is 3.12. The van der Waals surface area contributed by atoms with E-state index in [1.54, 1.807) is 11.4 Å². The van der Waals surface area contributed by atoms with Crippen LogP contribution in [0.3, 0.4) is 0 Å². The second-order valence-corrected chi connectivity index (χ2v) is 11.1. The van der Waals surface area contributed by atoms with Crippen molar-refractivity contribution in [3.05, 3.63) is 100 Å². The van der Waals surface area contributed by atoms with Gasteiger partial charge in [-0.25, -0.2) is 13.8 Å². The van der Waals surface area contributed by atoms with E-state index < -0.39 is 29.5 Å². The molecule has 3 aromatic carbocycles. The standard InChI is InChI=1S/C31H28F2N4O3S/c1-40-27-7-6-22(32)16-24(27)28(29(38)36-31-35-12-13-41-31)37-17-25-23(30(37)39)14-21(15-26(25)33)19-4-2-18(3-5-19)20-8-10-34-11-9-20/h2-7,12-16,20,28,34H,8-11,17H2,1H3,(H,35,36,38). The Kier molecular flexibility index (Phi) is 7.51. The van der Waals surface area contributed by atoms with Crippen LogP contribution in [0.1, 0.15) is 51.8 Å². The lowest BCUT2D eigenvalue weighted by Gasteiger charge is -2.28. The summed E-state index contributed by atoms with van der Waals surface area (Å²) in [6.45, 7) is 1.82. The normalized spacial score (nSPS) is 16.0. The number of rotatable bonds is 7. The monoisotopic (exact) mass is 574 g/mol. The highest BCUT2D eigenvalue weighted by molar-refractivity contribution is 7.13. The maximum atomic E-state index is 15.6. The summed E-state index contributed by atoms with van der Waals surface area (Å²) in [6.07, 6.45) is 3.68. The summed E-state index contributed by atoms with van der Waals surface area (Å²) in [4.78, 5) is 32.8. The lowest BCUT2D eigenvalue weighted by molar-refractivity contribution is -0.120. The van der Waals surface area contributed by atoms with Gasteiger partial charge < -0.3 is 15.0 Å². The first kappa shape index (κ1) is 27.0. The first-order valence-corrected chi connectivity index (χ1v) is 14.3. The SMILES string of the molecule is COc1ccc(F)cc1C(C(=O)Nc1nccs1)N1Cc2c(F)cc(-c3ccc(C4CCNCC4)cc3)cc2C1=O. The zero-order chi connectivity index (χ0) is 28.5. The lowest BCUT2D eigenvalue weighted by Crippen LogP contribution is -2.38. The van der Waals surface area contributed by atoms with Crippen molar-refractivity contribution in [1.29, 1.82) is 0 Å². The van der Waals surface area contributed by atoms with Gasteiger partial charge in [0, 0.05) is 28.3 Å². The molecule has 1 saturated heterocycles. The molecule has 2 aliphatic heterocycles. The molecular weight excluding hydrogens is 546 g/mol. The molecule has 0 saturated carbocycles. The topological polar surface area (TPSA) is 83.6 Å². The predicted octanol–water partition coefficient (Wildman–Crippen LogP) is 5.90. The van der Waals surface area contributed by atoms with E-state index in [0.717, 1.165) is 37.6 Å². The van der Waals surface area contributed by atoms with E-state index in [-0.39, 0.29) is 29.0 Å². The van der Waals surface area contributed by atoms with Crippen LogP contribution in [0.15, 0.2) is 66.2 Å². The number of amides is 2. The van der Waals surface area contributed by atoms with Crippen molar-refractivity contribution < 1.29 is 23.1 Å². The third-order valence-electron chi connectivity index (χ3n) is 7.78. The molecule has 0 spiro atoms. The summed E-state index contributed by atoms with van der Waals surface area (Å²) in [7, 11) is 1.40. The molecule has 3 heterocycles. The van der Waals surface area contributed by atoms with Crippen molar-refractivity contribution in [2.45, 2.75) is 31.3 Å². The smallest absolute Gasteiger partial charge is 0.255 e. The molecule has 210 valence electrons. The van der Waals surface area contributed by atoms with Crippen LogP contribution in [-0.4, -0.2) is 41.9 Å². The minimum atomic E-state index is -1.29. The van der Waals surface area contributed by atoms with Gasteiger partial charge in [0.2, 0.25) is 0 Å². The number of nitrogens with one attached hydrogen (secondary N) is 2. The van der Waals surface area contributed by atoms with Gasteiger partial charge in [-0.3, -0.25) is 14.9 Å². The molecular formula is C31H28F2N4O3S. The average Bonchev–Trinajstić information content (AvgIpc) is 3.62. The maximum Gasteiger partial charge on any atom is 0.255 e. The number of anilines is 1. The van der Waals surface area contributed by atoms with E-state index in [0.29, 0.717) is 16.6 Å². The Balaban J connectivity index is 1.34. The number of carbonyl (C=O) groups excluding carboxylic acids is 2. The number of thiazole rings is 1. The van der Waals surface area contributed by atoms with E-state index in [9.17, 15) is 14.0 Å². The molecule has 6 rings (SSSR count). The number of aromatic nitrogens is 1. The van der Waals surface area contributed by atoms with Gasteiger partial charge in [-0.05, 0) is 78.9 Å². The highest BCUT2D eigenvalue weighted by atomic mass is 32.1. The van der Waals surface area contributed by atoms with Gasteiger partial charge in [-0.1, -0.05) is 24.3 Å². The zero-order valence-corrected chi connectivity index (χ0v) is 23.1. The molecule has 0 radical (unpaired) electrons. The quantitative estimate of drug-likeness (QED) is 0.287. The number of halogens is 2. The first-order chi connectivity index (χ1) is 19.9. The van der Waals surface area contributed by atoms with Crippen molar-refractivity contribution in [2.24, 2.45) is 0 Å². The Morgan fingerprint density at radius 2 is 1.88 bits per heavy atom. The Labute approximate surface area is 240 Å². The number of benzene rings is 3. The van der Waals surface area contributed by atoms with E-state index in [1.165, 1.54) is 53.3 Å². The van der Waals surface area contributed by atoms with E-state index in [2.05, 4.69) is 27.8 Å². The number of fused-ring (bicyclic) bond motifs is 1. The molecule has 2 amide bonds. The number of carbonyl (C=O) groups is 2. The minimum Gasteiger partial charge on any atom is -0.496 e. The van der Waals surface area contributed by atoms with Gasteiger partial charge in [0.25, 0.3) is 11.8 Å². The Bertz CT molecular complexity index is 1590. The number of hydrogen-bond acceptors (Lipinski definition) is 6. The van der Waals surface area contributed by atoms with Crippen LogP contribution in [0.4, 0.5) is 13.9 Å². The molecule has 10 heteroatoms. The van der Waals surface area contributed by atoms with Crippen LogP contribution >= 0.6 is 11.3 Å². The fourth-order valence-electron chi connectivity index (χ4n) is 5.69. The van der Waals surface area contributed by atoms with E-state index in [4.69, 9.17) is 4.74 Å².